The quantitative estimate of drug-likeness (QED) is 0.630. The lowest BCUT2D eigenvalue weighted by Crippen LogP contribution is -2.38. The van der Waals surface area contributed by atoms with E-state index in [-0.39, 0.29) is 23.6 Å². The van der Waals surface area contributed by atoms with Crippen molar-refractivity contribution < 1.29 is 9.59 Å². The molecule has 1 atom stereocenters. The van der Waals surface area contributed by atoms with Gasteiger partial charge in [0.1, 0.15) is 0 Å². The number of aryl methyl sites for hydroxylation is 2. The van der Waals surface area contributed by atoms with Gasteiger partial charge in [0.2, 0.25) is 0 Å². The van der Waals surface area contributed by atoms with Gasteiger partial charge in [-0.1, -0.05) is 35.5 Å². The molecule has 0 unspecified atom stereocenters. The average molecular weight is 422 g/mol. The van der Waals surface area contributed by atoms with Crippen LogP contribution in [0.1, 0.15) is 51.9 Å². The molecule has 2 amide bonds. The number of carbonyl (C=O) groups excluding carboxylic acids is 2. The minimum absolute atomic E-state index is 0.000595. The van der Waals surface area contributed by atoms with E-state index in [2.05, 4.69) is 20.7 Å². The van der Waals surface area contributed by atoms with Gasteiger partial charge < -0.3 is 10.2 Å². The highest BCUT2D eigenvalue weighted by Gasteiger charge is 2.31. The fourth-order valence-electron chi connectivity index (χ4n) is 3.91. The summed E-state index contributed by atoms with van der Waals surface area (Å²) < 4.78 is 3.43. The van der Waals surface area contributed by atoms with Gasteiger partial charge in [-0.3, -0.25) is 14.3 Å². The van der Waals surface area contributed by atoms with Crippen LogP contribution in [0.5, 0.6) is 0 Å². The summed E-state index contributed by atoms with van der Waals surface area (Å²) in [5.41, 5.74) is 2.68. The molecule has 1 N–H and O–H groups in total. The highest BCUT2D eigenvalue weighted by Crippen LogP contribution is 2.22. The summed E-state index contributed by atoms with van der Waals surface area (Å²) in [7, 11) is 0. The monoisotopic (exact) mass is 421 g/mol. The fraction of sp³-hybridized carbons (Fsp3) is 0.409. The van der Waals surface area contributed by atoms with Crippen LogP contribution >= 0.6 is 0 Å². The number of hydrogen-bond donors (Lipinski definition) is 1. The second kappa shape index (κ2) is 9.11. The molecule has 2 aromatic heterocycles. The molecule has 31 heavy (non-hydrogen) atoms. The molecular weight excluding hydrogens is 394 g/mol. The largest absolute Gasteiger partial charge is 0.347 e. The normalized spacial score (nSPS) is 15.9. The molecule has 3 heterocycles. The third-order valence-corrected chi connectivity index (χ3v) is 5.60. The third-order valence-electron chi connectivity index (χ3n) is 5.60. The van der Waals surface area contributed by atoms with E-state index >= 15 is 0 Å². The Bertz CT molecular complexity index is 1060. The lowest BCUT2D eigenvalue weighted by atomic mass is 10.2. The van der Waals surface area contributed by atoms with Crippen molar-refractivity contribution in [1.29, 1.82) is 0 Å². The minimum Gasteiger partial charge on any atom is -0.347 e. The van der Waals surface area contributed by atoms with Crippen LogP contribution in [-0.4, -0.2) is 54.1 Å². The van der Waals surface area contributed by atoms with Crippen molar-refractivity contribution in [2.24, 2.45) is 0 Å². The van der Waals surface area contributed by atoms with Crippen LogP contribution in [0.15, 0.2) is 42.7 Å². The number of carbonyl (C=O) groups is 2. The highest BCUT2D eigenvalue weighted by atomic mass is 16.2. The van der Waals surface area contributed by atoms with Gasteiger partial charge in [-0.05, 0) is 32.3 Å². The molecule has 1 saturated heterocycles. The van der Waals surface area contributed by atoms with Gasteiger partial charge >= 0.3 is 0 Å². The molecule has 0 radical (unpaired) electrons. The first-order valence-electron chi connectivity index (χ1n) is 10.6. The molecular formula is C22H27N7O2. The van der Waals surface area contributed by atoms with Gasteiger partial charge in [-0.15, -0.1) is 5.10 Å². The molecule has 0 bridgehead atoms. The second-order valence-electron chi connectivity index (χ2n) is 7.77. The first-order valence-corrected chi connectivity index (χ1v) is 10.6. The zero-order valence-electron chi connectivity index (χ0n) is 17.9. The predicted octanol–water partition coefficient (Wildman–Crippen LogP) is 2.04. The molecule has 1 aliphatic rings. The van der Waals surface area contributed by atoms with Crippen molar-refractivity contribution in [2.45, 2.75) is 52.4 Å². The summed E-state index contributed by atoms with van der Waals surface area (Å²) in [5.74, 6) is -0.266. The molecule has 162 valence electrons. The summed E-state index contributed by atoms with van der Waals surface area (Å²) in [6, 6.07) is 9.72. The number of rotatable bonds is 7. The Labute approximate surface area is 181 Å². The molecule has 0 spiro atoms. The van der Waals surface area contributed by atoms with Crippen molar-refractivity contribution in [1.82, 2.24) is 35.0 Å². The Hall–Kier alpha value is -3.49. The van der Waals surface area contributed by atoms with Crippen LogP contribution in [-0.2, 0) is 19.6 Å². The van der Waals surface area contributed by atoms with Crippen LogP contribution in [0.2, 0.25) is 0 Å². The lowest BCUT2D eigenvalue weighted by Gasteiger charge is -2.24. The SMILES string of the molecule is CCn1cc(C(=O)N2CCC[C@H]2Cn2cc(C(=O)NCc3ccccc3)nn2)c(C)n1. The van der Waals surface area contributed by atoms with E-state index in [1.54, 1.807) is 15.6 Å². The summed E-state index contributed by atoms with van der Waals surface area (Å²) in [6.45, 7) is 6.23. The molecule has 9 heteroatoms. The highest BCUT2D eigenvalue weighted by molar-refractivity contribution is 5.95. The Morgan fingerprint density at radius 3 is 2.71 bits per heavy atom. The van der Waals surface area contributed by atoms with E-state index < -0.39 is 0 Å². The Morgan fingerprint density at radius 1 is 1.16 bits per heavy atom. The van der Waals surface area contributed by atoms with Gasteiger partial charge in [-0.25, -0.2) is 4.68 Å². The van der Waals surface area contributed by atoms with Crippen LogP contribution in [0, 0.1) is 6.92 Å². The van der Waals surface area contributed by atoms with Crippen molar-refractivity contribution in [3.8, 4) is 0 Å². The second-order valence-corrected chi connectivity index (χ2v) is 7.77. The van der Waals surface area contributed by atoms with E-state index in [1.165, 1.54) is 0 Å². The van der Waals surface area contributed by atoms with Crippen LogP contribution < -0.4 is 5.32 Å². The predicted molar refractivity (Wildman–Crippen MR) is 114 cm³/mol. The van der Waals surface area contributed by atoms with Crippen molar-refractivity contribution in [2.75, 3.05) is 6.54 Å². The molecule has 4 rings (SSSR count). The molecule has 1 fully saturated rings. The maximum Gasteiger partial charge on any atom is 0.273 e. The maximum absolute atomic E-state index is 13.1. The summed E-state index contributed by atoms with van der Waals surface area (Å²) in [4.78, 5) is 27.4. The molecule has 0 saturated carbocycles. The number of hydrogen-bond acceptors (Lipinski definition) is 5. The Balaban J connectivity index is 1.38. The average Bonchev–Trinajstić information content (AvgIpc) is 3.52. The standard InChI is InChI=1S/C22H27N7O2/c1-3-27-14-19(16(2)25-27)22(31)29-11-7-10-18(29)13-28-15-20(24-26-28)21(30)23-12-17-8-5-4-6-9-17/h4-6,8-9,14-15,18H,3,7,10-13H2,1-2H3,(H,23,30)/t18-/m0/s1. The van der Waals surface area contributed by atoms with E-state index in [0.29, 0.717) is 25.2 Å². The lowest BCUT2D eigenvalue weighted by molar-refractivity contribution is 0.0720. The maximum atomic E-state index is 13.1. The van der Waals surface area contributed by atoms with Crippen molar-refractivity contribution >= 4 is 11.8 Å². The summed E-state index contributed by atoms with van der Waals surface area (Å²) in [6.07, 6.45) is 5.29. The van der Waals surface area contributed by atoms with Gasteiger partial charge in [0, 0.05) is 25.8 Å². The Kier molecular flexibility index (Phi) is 6.11. The smallest absolute Gasteiger partial charge is 0.273 e. The third kappa shape index (κ3) is 4.65. The number of benzene rings is 1. The fourth-order valence-corrected chi connectivity index (χ4v) is 3.91. The van der Waals surface area contributed by atoms with E-state index in [1.807, 2.05) is 55.3 Å². The summed E-state index contributed by atoms with van der Waals surface area (Å²) in [5, 5.41) is 15.4. The molecule has 1 aliphatic heterocycles. The van der Waals surface area contributed by atoms with Gasteiger partial charge in [0.05, 0.1) is 30.0 Å². The first-order chi connectivity index (χ1) is 15.0. The number of amides is 2. The molecule has 9 nitrogen and oxygen atoms in total. The van der Waals surface area contributed by atoms with Gasteiger partial charge in [0.25, 0.3) is 11.8 Å². The number of aromatic nitrogens is 5. The zero-order valence-corrected chi connectivity index (χ0v) is 17.9. The van der Waals surface area contributed by atoms with Crippen LogP contribution in [0.25, 0.3) is 0 Å². The number of nitrogens with zero attached hydrogens (tertiary/aromatic N) is 6. The molecule has 3 aromatic rings. The molecule has 0 aliphatic carbocycles. The van der Waals surface area contributed by atoms with Crippen molar-refractivity contribution in [3.05, 3.63) is 65.2 Å². The number of likely N-dealkylation sites (tertiary alicyclic amines) is 1. The van der Waals surface area contributed by atoms with E-state index in [9.17, 15) is 9.59 Å². The van der Waals surface area contributed by atoms with Gasteiger partial charge in [-0.2, -0.15) is 5.10 Å². The number of nitrogens with one attached hydrogen (secondary N) is 1. The molecule has 1 aromatic carbocycles. The topological polar surface area (TPSA) is 97.9 Å². The summed E-state index contributed by atoms with van der Waals surface area (Å²) >= 11 is 0. The minimum atomic E-state index is -0.267. The van der Waals surface area contributed by atoms with E-state index in [4.69, 9.17) is 0 Å². The van der Waals surface area contributed by atoms with Crippen LogP contribution in [0.4, 0.5) is 0 Å². The Morgan fingerprint density at radius 2 is 1.97 bits per heavy atom. The van der Waals surface area contributed by atoms with Gasteiger partial charge in [0.15, 0.2) is 5.69 Å². The van der Waals surface area contributed by atoms with E-state index in [0.717, 1.165) is 30.6 Å². The van der Waals surface area contributed by atoms with Crippen molar-refractivity contribution in [3.63, 3.8) is 0 Å². The first kappa shape index (κ1) is 20.8. The zero-order chi connectivity index (χ0) is 21.8. The van der Waals surface area contributed by atoms with Crippen LogP contribution in [0.3, 0.4) is 0 Å².